The Morgan fingerprint density at radius 3 is 2.05 bits per heavy atom. The zero-order chi connectivity index (χ0) is 28.3. The lowest BCUT2D eigenvalue weighted by Gasteiger charge is -2.24. The molecular formula is C27H43N3O8. The Balaban J connectivity index is 2.66. The van der Waals surface area contributed by atoms with Crippen molar-refractivity contribution in [2.45, 2.75) is 52.6 Å². The molecule has 1 aromatic carbocycles. The highest BCUT2D eigenvalue weighted by atomic mass is 16.6. The van der Waals surface area contributed by atoms with Gasteiger partial charge in [-0.3, -0.25) is 14.4 Å². The quantitative estimate of drug-likeness (QED) is 0.180. The molecule has 11 nitrogen and oxygen atoms in total. The molecule has 0 spiro atoms. The van der Waals surface area contributed by atoms with Crippen LogP contribution in [0.25, 0.3) is 0 Å². The van der Waals surface area contributed by atoms with Crippen LogP contribution in [0.3, 0.4) is 0 Å². The number of methoxy groups -OCH3 is 1. The number of nitrogens with one attached hydrogen (secondary N) is 3. The molecule has 11 heteroatoms. The second-order valence-electron chi connectivity index (χ2n) is 9.54. The maximum Gasteiger partial charge on any atom is 0.407 e. The van der Waals surface area contributed by atoms with E-state index in [9.17, 15) is 19.2 Å². The highest BCUT2D eigenvalue weighted by Gasteiger charge is 2.31. The van der Waals surface area contributed by atoms with Crippen molar-refractivity contribution in [3.8, 4) is 5.75 Å². The van der Waals surface area contributed by atoms with Gasteiger partial charge in [-0.25, -0.2) is 4.79 Å². The predicted octanol–water partition coefficient (Wildman–Crippen LogP) is 2.09. The molecule has 0 aliphatic rings. The van der Waals surface area contributed by atoms with E-state index < -0.39 is 35.8 Å². The number of carbonyl (C=O) groups excluding carboxylic acids is 4. The number of Topliss-reactive ketones (excluding diaryl/α,β-unsaturated/α-hetero) is 1. The van der Waals surface area contributed by atoms with Crippen molar-refractivity contribution >= 4 is 23.7 Å². The Bertz CT molecular complexity index is 848. The van der Waals surface area contributed by atoms with E-state index in [1.807, 2.05) is 45.9 Å². The number of hydrogen-bond donors (Lipinski definition) is 3. The van der Waals surface area contributed by atoms with Crippen LogP contribution in [-0.2, 0) is 28.6 Å². The molecule has 0 saturated heterocycles. The summed E-state index contributed by atoms with van der Waals surface area (Å²) in [6.45, 7) is 8.88. The lowest BCUT2D eigenvalue weighted by Crippen LogP contribution is -2.54. The molecule has 3 N–H and O–H groups in total. The minimum Gasteiger partial charge on any atom is -0.492 e. The third-order valence-corrected chi connectivity index (χ3v) is 5.17. The highest BCUT2D eigenvalue weighted by Crippen LogP contribution is 2.10. The zero-order valence-corrected chi connectivity index (χ0v) is 23.1. The van der Waals surface area contributed by atoms with E-state index in [4.69, 9.17) is 18.9 Å². The second-order valence-corrected chi connectivity index (χ2v) is 9.54. The number of hydrogen-bond acceptors (Lipinski definition) is 8. The number of amides is 3. The van der Waals surface area contributed by atoms with Gasteiger partial charge in [0.1, 0.15) is 25.0 Å². The van der Waals surface area contributed by atoms with Crippen LogP contribution in [0.5, 0.6) is 5.75 Å². The van der Waals surface area contributed by atoms with Crippen molar-refractivity contribution in [3.05, 3.63) is 30.3 Å². The third kappa shape index (κ3) is 14.5. The fourth-order valence-corrected chi connectivity index (χ4v) is 3.40. The van der Waals surface area contributed by atoms with Crippen LogP contribution in [-0.4, -0.2) is 82.5 Å². The van der Waals surface area contributed by atoms with E-state index in [1.165, 1.54) is 0 Å². The Hall–Kier alpha value is -3.18. The summed E-state index contributed by atoms with van der Waals surface area (Å²) >= 11 is 0. The highest BCUT2D eigenvalue weighted by molar-refractivity contribution is 6.38. The van der Waals surface area contributed by atoms with Crippen molar-refractivity contribution in [3.63, 3.8) is 0 Å². The first kappa shape index (κ1) is 32.8. The zero-order valence-electron chi connectivity index (χ0n) is 23.1. The number of benzene rings is 1. The van der Waals surface area contributed by atoms with Gasteiger partial charge in [-0.15, -0.1) is 0 Å². The lowest BCUT2D eigenvalue weighted by molar-refractivity contribution is -0.140. The van der Waals surface area contributed by atoms with Gasteiger partial charge in [-0.05, 0) is 36.8 Å². The Morgan fingerprint density at radius 2 is 1.42 bits per heavy atom. The summed E-state index contributed by atoms with van der Waals surface area (Å²) in [5.41, 5.74) is 0. The maximum absolute atomic E-state index is 13.1. The molecule has 1 aromatic rings. The smallest absolute Gasteiger partial charge is 0.407 e. The summed E-state index contributed by atoms with van der Waals surface area (Å²) in [7, 11) is 1.56. The van der Waals surface area contributed by atoms with E-state index >= 15 is 0 Å². The van der Waals surface area contributed by atoms with Crippen molar-refractivity contribution in [2.24, 2.45) is 11.8 Å². The summed E-state index contributed by atoms with van der Waals surface area (Å²) in [4.78, 5) is 50.7. The minimum atomic E-state index is -1.04. The molecule has 0 aliphatic carbocycles. The third-order valence-electron chi connectivity index (χ3n) is 5.17. The first-order valence-corrected chi connectivity index (χ1v) is 12.9. The van der Waals surface area contributed by atoms with E-state index in [-0.39, 0.29) is 44.6 Å². The van der Waals surface area contributed by atoms with Crippen molar-refractivity contribution < 1.29 is 38.1 Å². The lowest BCUT2D eigenvalue weighted by atomic mass is 9.98. The van der Waals surface area contributed by atoms with Crippen LogP contribution < -0.4 is 20.7 Å². The molecular weight excluding hydrogens is 494 g/mol. The van der Waals surface area contributed by atoms with Gasteiger partial charge in [0.25, 0.3) is 5.91 Å². The van der Waals surface area contributed by atoms with E-state index in [2.05, 4.69) is 16.0 Å². The SMILES string of the molecule is COCCOCCOC(=O)N[C@@H](CC(C)C)C(=O)N[C@@H](CC(C)C)C(=O)C(=O)NCCOc1ccccc1. The summed E-state index contributed by atoms with van der Waals surface area (Å²) in [6, 6.07) is 7.11. The second kappa shape index (κ2) is 19.0. The average molecular weight is 538 g/mol. The van der Waals surface area contributed by atoms with E-state index in [1.54, 1.807) is 19.2 Å². The van der Waals surface area contributed by atoms with Gasteiger partial charge in [0, 0.05) is 7.11 Å². The monoisotopic (exact) mass is 537 g/mol. The molecule has 0 saturated carbocycles. The molecule has 3 amide bonds. The van der Waals surface area contributed by atoms with Crippen molar-refractivity contribution in [1.29, 1.82) is 0 Å². The number of carbonyl (C=O) groups is 4. The number of para-hydroxylation sites is 1. The van der Waals surface area contributed by atoms with Crippen LogP contribution in [0.2, 0.25) is 0 Å². The number of ketones is 1. The van der Waals surface area contributed by atoms with Crippen LogP contribution in [0.15, 0.2) is 30.3 Å². The van der Waals surface area contributed by atoms with Crippen LogP contribution in [0, 0.1) is 11.8 Å². The van der Waals surface area contributed by atoms with E-state index in [0.717, 1.165) is 0 Å². The summed E-state index contributed by atoms with van der Waals surface area (Å²) in [5, 5.41) is 7.75. The topological polar surface area (TPSA) is 141 Å². The van der Waals surface area contributed by atoms with Crippen molar-refractivity contribution in [2.75, 3.05) is 46.7 Å². The summed E-state index contributed by atoms with van der Waals surface area (Å²) in [5.74, 6) is -1.39. The van der Waals surface area contributed by atoms with E-state index in [0.29, 0.717) is 25.4 Å². The van der Waals surface area contributed by atoms with Gasteiger partial charge in [-0.1, -0.05) is 45.9 Å². The van der Waals surface area contributed by atoms with Crippen LogP contribution >= 0.6 is 0 Å². The molecule has 0 aliphatic heterocycles. The minimum absolute atomic E-state index is 0.00812. The summed E-state index contributed by atoms with van der Waals surface area (Å²) in [6.07, 6.45) is -0.198. The first-order chi connectivity index (χ1) is 18.1. The molecule has 0 aromatic heterocycles. The molecule has 0 heterocycles. The number of alkyl carbamates (subject to hydrolysis) is 1. The fraction of sp³-hybridized carbons (Fsp3) is 0.630. The number of rotatable bonds is 19. The fourth-order valence-electron chi connectivity index (χ4n) is 3.40. The molecule has 0 fully saturated rings. The normalized spacial score (nSPS) is 12.5. The Morgan fingerprint density at radius 1 is 0.789 bits per heavy atom. The molecule has 1 rings (SSSR count). The van der Waals surface area contributed by atoms with Gasteiger partial charge >= 0.3 is 6.09 Å². The number of ether oxygens (including phenoxy) is 4. The van der Waals surface area contributed by atoms with Crippen LogP contribution in [0.1, 0.15) is 40.5 Å². The molecule has 38 heavy (non-hydrogen) atoms. The molecule has 0 unspecified atom stereocenters. The van der Waals surface area contributed by atoms with Crippen LogP contribution in [0.4, 0.5) is 4.79 Å². The predicted molar refractivity (Wildman–Crippen MR) is 142 cm³/mol. The molecule has 2 atom stereocenters. The largest absolute Gasteiger partial charge is 0.492 e. The van der Waals surface area contributed by atoms with Gasteiger partial charge < -0.3 is 34.9 Å². The Kier molecular flexibility index (Phi) is 16.4. The average Bonchev–Trinajstić information content (AvgIpc) is 2.87. The van der Waals surface area contributed by atoms with Crippen molar-refractivity contribution in [1.82, 2.24) is 16.0 Å². The maximum atomic E-state index is 13.1. The molecule has 0 bridgehead atoms. The molecule has 214 valence electrons. The molecule has 0 radical (unpaired) electrons. The van der Waals surface area contributed by atoms with Gasteiger partial charge in [0.2, 0.25) is 11.7 Å². The summed E-state index contributed by atoms with van der Waals surface area (Å²) < 4.78 is 20.7. The first-order valence-electron chi connectivity index (χ1n) is 12.9. The standard InChI is InChI=1S/C27H43N3O8/c1-19(2)17-22(24(31)26(33)28-11-12-37-21-9-7-6-8-10-21)29-25(32)23(18-20(3)4)30-27(34)38-16-15-36-14-13-35-5/h6-10,19-20,22-23H,11-18H2,1-5H3,(H,28,33)(H,29,32)(H,30,34)/t22-,23-/m0/s1. The Labute approximate surface area is 225 Å². The van der Waals surface area contributed by atoms with Gasteiger partial charge in [0.15, 0.2) is 0 Å². The van der Waals surface area contributed by atoms with Gasteiger partial charge in [-0.2, -0.15) is 0 Å². The van der Waals surface area contributed by atoms with Gasteiger partial charge in [0.05, 0.1) is 32.4 Å².